The lowest BCUT2D eigenvalue weighted by atomic mass is 9.81. The van der Waals surface area contributed by atoms with Crippen LogP contribution in [0.1, 0.15) is 32.8 Å². The predicted molar refractivity (Wildman–Crippen MR) is 106 cm³/mol. The summed E-state index contributed by atoms with van der Waals surface area (Å²) in [6, 6.07) is 6.84. The maximum atomic E-state index is 13.2. The van der Waals surface area contributed by atoms with Crippen LogP contribution in [0.5, 0.6) is 11.5 Å². The molecule has 1 aromatic heterocycles. The van der Waals surface area contributed by atoms with Gasteiger partial charge in [0.15, 0.2) is 11.5 Å². The van der Waals surface area contributed by atoms with Gasteiger partial charge in [-0.2, -0.15) is 0 Å². The van der Waals surface area contributed by atoms with Crippen molar-refractivity contribution in [2.45, 2.75) is 12.0 Å². The average molecular weight is 404 g/mol. The Labute approximate surface area is 168 Å². The van der Waals surface area contributed by atoms with Crippen molar-refractivity contribution in [3.05, 3.63) is 45.6 Å². The lowest BCUT2D eigenvalue weighted by Gasteiger charge is -2.39. The number of hydrogen-bond donors (Lipinski definition) is 1. The predicted octanol–water partition coefficient (Wildman–Crippen LogP) is 2.44. The van der Waals surface area contributed by atoms with E-state index in [0.717, 1.165) is 4.88 Å². The Bertz CT molecular complexity index is 853. The number of nitrogens with zero attached hydrogens (tertiary/aromatic N) is 1. The standard InChI is InChI=1S/C20H24N2O5S/c1-22-18(16-6-5-9-28-16)17(19(23)21-7-8-25-2)12-10-14(26-3)15(27-4)11-13(12)20(22)24/h5-6,9-11,17-18H,7-8H2,1-4H3,(H,21,23)/t17-,18+/m0/s1. The largest absolute Gasteiger partial charge is 0.493 e. The van der Waals surface area contributed by atoms with Crippen molar-refractivity contribution >= 4 is 23.2 Å². The van der Waals surface area contributed by atoms with Crippen molar-refractivity contribution in [1.82, 2.24) is 10.2 Å². The van der Waals surface area contributed by atoms with Crippen molar-refractivity contribution in [3.63, 3.8) is 0 Å². The molecule has 0 bridgehead atoms. The highest BCUT2D eigenvalue weighted by molar-refractivity contribution is 7.10. The van der Waals surface area contributed by atoms with E-state index in [4.69, 9.17) is 14.2 Å². The molecule has 0 saturated carbocycles. The van der Waals surface area contributed by atoms with Crippen molar-refractivity contribution in [1.29, 1.82) is 0 Å². The number of carbonyl (C=O) groups is 2. The summed E-state index contributed by atoms with van der Waals surface area (Å²) in [5.41, 5.74) is 1.08. The highest BCUT2D eigenvalue weighted by Gasteiger charge is 2.43. The molecule has 0 radical (unpaired) electrons. The van der Waals surface area contributed by atoms with Gasteiger partial charge >= 0.3 is 0 Å². The minimum absolute atomic E-state index is 0.157. The van der Waals surface area contributed by atoms with E-state index in [1.807, 2.05) is 17.5 Å². The molecule has 28 heavy (non-hydrogen) atoms. The summed E-state index contributed by atoms with van der Waals surface area (Å²) in [6.07, 6.45) is 0. The smallest absolute Gasteiger partial charge is 0.254 e. The molecule has 0 fully saturated rings. The van der Waals surface area contributed by atoms with Gasteiger partial charge in [-0.3, -0.25) is 9.59 Å². The lowest BCUT2D eigenvalue weighted by molar-refractivity contribution is -0.124. The van der Waals surface area contributed by atoms with Crippen molar-refractivity contribution in [3.8, 4) is 11.5 Å². The number of hydrogen-bond acceptors (Lipinski definition) is 6. The van der Waals surface area contributed by atoms with E-state index in [-0.39, 0.29) is 11.8 Å². The van der Waals surface area contributed by atoms with Crippen LogP contribution in [0.4, 0.5) is 0 Å². The van der Waals surface area contributed by atoms with Crippen LogP contribution in [0.15, 0.2) is 29.6 Å². The monoisotopic (exact) mass is 404 g/mol. The Morgan fingerprint density at radius 2 is 1.93 bits per heavy atom. The Morgan fingerprint density at radius 3 is 2.54 bits per heavy atom. The molecule has 1 N–H and O–H groups in total. The van der Waals surface area contributed by atoms with Crippen molar-refractivity contribution in [2.24, 2.45) is 0 Å². The van der Waals surface area contributed by atoms with E-state index in [9.17, 15) is 9.59 Å². The van der Waals surface area contributed by atoms with E-state index < -0.39 is 12.0 Å². The minimum atomic E-state index is -0.576. The zero-order valence-electron chi connectivity index (χ0n) is 16.4. The lowest BCUT2D eigenvalue weighted by Crippen LogP contribution is -2.45. The number of nitrogens with one attached hydrogen (secondary N) is 1. The molecule has 2 aromatic rings. The molecule has 2 atom stereocenters. The Morgan fingerprint density at radius 1 is 1.21 bits per heavy atom. The van der Waals surface area contributed by atoms with Gasteiger partial charge in [-0.25, -0.2) is 0 Å². The van der Waals surface area contributed by atoms with Crippen LogP contribution in [-0.4, -0.2) is 58.2 Å². The van der Waals surface area contributed by atoms with Crippen LogP contribution in [0.25, 0.3) is 0 Å². The van der Waals surface area contributed by atoms with Crippen molar-refractivity contribution in [2.75, 3.05) is 41.5 Å². The van der Waals surface area contributed by atoms with Gasteiger partial charge in [-0.05, 0) is 29.1 Å². The van der Waals surface area contributed by atoms with E-state index in [1.165, 1.54) is 25.6 Å². The van der Waals surface area contributed by atoms with Gasteiger partial charge < -0.3 is 24.4 Å². The molecule has 7 nitrogen and oxygen atoms in total. The number of amides is 2. The van der Waals surface area contributed by atoms with Crippen LogP contribution in [0.3, 0.4) is 0 Å². The second-order valence-electron chi connectivity index (χ2n) is 6.43. The summed E-state index contributed by atoms with van der Waals surface area (Å²) in [5.74, 6) is 0.0425. The summed E-state index contributed by atoms with van der Waals surface area (Å²) in [7, 11) is 6.36. The molecule has 0 saturated heterocycles. The van der Waals surface area contributed by atoms with E-state index in [1.54, 1.807) is 31.2 Å². The second-order valence-corrected chi connectivity index (χ2v) is 7.41. The van der Waals surface area contributed by atoms with Gasteiger partial charge in [-0.1, -0.05) is 6.07 Å². The first-order valence-electron chi connectivity index (χ1n) is 8.86. The average Bonchev–Trinajstić information content (AvgIpc) is 3.23. The van der Waals surface area contributed by atoms with Crippen LogP contribution in [0.2, 0.25) is 0 Å². The number of likely N-dealkylation sites (N-methyl/N-ethyl adjacent to an activating group) is 1. The maximum Gasteiger partial charge on any atom is 0.254 e. The fourth-order valence-corrected chi connectivity index (χ4v) is 4.44. The topological polar surface area (TPSA) is 77.1 Å². The number of ether oxygens (including phenoxy) is 3. The highest BCUT2D eigenvalue weighted by atomic mass is 32.1. The summed E-state index contributed by atoms with van der Waals surface area (Å²) in [6.45, 7) is 0.805. The van der Waals surface area contributed by atoms with Crippen LogP contribution >= 0.6 is 11.3 Å². The zero-order chi connectivity index (χ0) is 20.3. The summed E-state index contributed by atoms with van der Waals surface area (Å²) in [5, 5.41) is 4.86. The molecule has 1 aromatic carbocycles. The zero-order valence-corrected chi connectivity index (χ0v) is 17.2. The Hall–Kier alpha value is -2.58. The minimum Gasteiger partial charge on any atom is -0.493 e. The first kappa shape index (κ1) is 20.2. The van der Waals surface area contributed by atoms with Gasteiger partial charge in [0, 0.05) is 31.1 Å². The highest BCUT2D eigenvalue weighted by Crippen LogP contribution is 2.46. The molecular formula is C20H24N2O5S. The number of methoxy groups -OCH3 is 3. The molecule has 0 aliphatic carbocycles. The molecule has 1 aliphatic heterocycles. The molecule has 0 spiro atoms. The molecule has 150 valence electrons. The van der Waals surface area contributed by atoms with Crippen LogP contribution in [0, 0.1) is 0 Å². The summed E-state index contributed by atoms with van der Waals surface area (Å²) < 4.78 is 15.8. The Kier molecular flexibility index (Phi) is 6.21. The molecule has 0 unspecified atom stereocenters. The molecule has 2 amide bonds. The molecule has 8 heteroatoms. The fraction of sp³-hybridized carbons (Fsp3) is 0.400. The van der Waals surface area contributed by atoms with E-state index in [0.29, 0.717) is 35.8 Å². The third-order valence-corrected chi connectivity index (χ3v) is 5.84. The van der Waals surface area contributed by atoms with Crippen LogP contribution < -0.4 is 14.8 Å². The second kappa shape index (κ2) is 8.62. The fourth-order valence-electron chi connectivity index (χ4n) is 3.53. The SMILES string of the molecule is COCCNC(=O)[C@H]1c2cc(OC)c(OC)cc2C(=O)N(C)[C@@H]1c1cccs1. The first-order valence-corrected chi connectivity index (χ1v) is 9.74. The van der Waals surface area contributed by atoms with Gasteiger partial charge in [-0.15, -0.1) is 11.3 Å². The number of rotatable bonds is 7. The third kappa shape index (κ3) is 3.57. The maximum absolute atomic E-state index is 13.2. The Balaban J connectivity index is 2.13. The van der Waals surface area contributed by atoms with Gasteiger partial charge in [0.25, 0.3) is 5.91 Å². The summed E-state index contributed by atoms with van der Waals surface area (Å²) >= 11 is 1.52. The quantitative estimate of drug-likeness (QED) is 0.718. The van der Waals surface area contributed by atoms with Gasteiger partial charge in [0.2, 0.25) is 5.91 Å². The van der Waals surface area contributed by atoms with Crippen molar-refractivity contribution < 1.29 is 23.8 Å². The van der Waals surface area contributed by atoms with Gasteiger partial charge in [0.1, 0.15) is 0 Å². The summed E-state index contributed by atoms with van der Waals surface area (Å²) in [4.78, 5) is 28.8. The molecule has 2 heterocycles. The number of carbonyl (C=O) groups excluding carboxylic acids is 2. The van der Waals surface area contributed by atoms with Crippen LogP contribution in [-0.2, 0) is 9.53 Å². The van der Waals surface area contributed by atoms with E-state index in [2.05, 4.69) is 5.32 Å². The normalized spacial score (nSPS) is 18.6. The molecule has 1 aliphatic rings. The first-order chi connectivity index (χ1) is 13.5. The molecule has 3 rings (SSSR count). The third-order valence-electron chi connectivity index (χ3n) is 4.90. The number of thiophene rings is 1. The number of fused-ring (bicyclic) bond motifs is 1. The van der Waals surface area contributed by atoms with E-state index >= 15 is 0 Å². The number of benzene rings is 1. The van der Waals surface area contributed by atoms with Gasteiger partial charge in [0.05, 0.1) is 32.8 Å². The molecular weight excluding hydrogens is 380 g/mol.